The van der Waals surface area contributed by atoms with Crippen molar-refractivity contribution in [3.05, 3.63) is 18.2 Å². The predicted molar refractivity (Wildman–Crippen MR) is 90.9 cm³/mol. The van der Waals surface area contributed by atoms with Crippen molar-refractivity contribution < 1.29 is 31.4 Å². The fraction of sp³-hybridized carbons (Fsp3) is 0.571. The molecule has 1 aliphatic heterocycles. The Morgan fingerprint density at radius 1 is 1.28 bits per heavy atom. The number of aliphatic hydroxyl groups is 1. The summed E-state index contributed by atoms with van der Waals surface area (Å²) in [6.45, 7) is -0.172. The molecule has 0 spiro atoms. The molecule has 3 N–H and O–H groups in total. The van der Waals surface area contributed by atoms with E-state index in [-0.39, 0.29) is 23.7 Å². The third-order valence-corrected chi connectivity index (χ3v) is 7.61. The van der Waals surface area contributed by atoms with E-state index in [1.54, 1.807) is 6.07 Å². The standard InChI is InChI=1S/C14H22N2O7S2/c1-22-10-3-4-13(23-2)14(7-10)25(20,21)16(6-5-15)11-8-24(18,19)9-12(11)17/h3-4,7,11-12,17H,5-6,8-9,15H2,1-2H3/t11-,12-/m0/s1. The maximum atomic E-state index is 13.1. The van der Waals surface area contributed by atoms with Crippen LogP contribution in [0.3, 0.4) is 0 Å². The van der Waals surface area contributed by atoms with Gasteiger partial charge in [0, 0.05) is 19.2 Å². The first-order chi connectivity index (χ1) is 11.7. The molecule has 9 nitrogen and oxygen atoms in total. The summed E-state index contributed by atoms with van der Waals surface area (Å²) in [6, 6.07) is 3.16. The molecule has 2 rings (SSSR count). The normalized spacial score (nSPS) is 22.9. The van der Waals surface area contributed by atoms with E-state index in [0.29, 0.717) is 5.75 Å². The van der Waals surface area contributed by atoms with Crippen molar-refractivity contribution in [1.82, 2.24) is 4.31 Å². The summed E-state index contributed by atoms with van der Waals surface area (Å²) >= 11 is 0. The van der Waals surface area contributed by atoms with Crippen LogP contribution in [-0.2, 0) is 19.9 Å². The summed E-state index contributed by atoms with van der Waals surface area (Å²) in [4.78, 5) is -0.181. The monoisotopic (exact) mass is 394 g/mol. The second kappa shape index (κ2) is 7.46. The molecule has 1 heterocycles. The van der Waals surface area contributed by atoms with Gasteiger partial charge in [-0.3, -0.25) is 0 Å². The lowest BCUT2D eigenvalue weighted by Crippen LogP contribution is -2.48. The van der Waals surface area contributed by atoms with E-state index in [1.807, 2.05) is 0 Å². The Morgan fingerprint density at radius 2 is 1.96 bits per heavy atom. The van der Waals surface area contributed by atoms with Crippen LogP contribution in [-0.4, -0.2) is 77.2 Å². The molecule has 1 fully saturated rings. The Hall–Kier alpha value is -1.40. The van der Waals surface area contributed by atoms with E-state index in [2.05, 4.69) is 0 Å². The third kappa shape index (κ3) is 4.06. The minimum atomic E-state index is -4.18. The number of hydrogen-bond acceptors (Lipinski definition) is 8. The zero-order valence-corrected chi connectivity index (χ0v) is 15.6. The lowest BCUT2D eigenvalue weighted by molar-refractivity contribution is 0.129. The summed E-state index contributed by atoms with van der Waals surface area (Å²) in [5.41, 5.74) is 5.52. The van der Waals surface area contributed by atoms with Gasteiger partial charge in [-0.1, -0.05) is 0 Å². The summed E-state index contributed by atoms with van der Waals surface area (Å²) in [6.07, 6.45) is -1.32. The molecule has 0 amide bonds. The van der Waals surface area contributed by atoms with Crippen molar-refractivity contribution in [2.24, 2.45) is 5.73 Å². The van der Waals surface area contributed by atoms with Gasteiger partial charge in [0.15, 0.2) is 9.84 Å². The van der Waals surface area contributed by atoms with Gasteiger partial charge in [-0.2, -0.15) is 4.31 Å². The molecular formula is C14H22N2O7S2. The number of hydrogen-bond donors (Lipinski definition) is 2. The first-order valence-corrected chi connectivity index (χ1v) is 10.7. The summed E-state index contributed by atoms with van der Waals surface area (Å²) in [5, 5.41) is 10.1. The molecule has 1 aromatic carbocycles. The van der Waals surface area contributed by atoms with Crippen LogP contribution >= 0.6 is 0 Å². The quantitative estimate of drug-likeness (QED) is 0.589. The van der Waals surface area contributed by atoms with E-state index in [0.717, 1.165) is 4.31 Å². The van der Waals surface area contributed by atoms with Gasteiger partial charge < -0.3 is 20.3 Å². The molecule has 0 saturated carbocycles. The lowest BCUT2D eigenvalue weighted by atomic mass is 10.2. The fourth-order valence-electron chi connectivity index (χ4n) is 2.79. The zero-order chi connectivity index (χ0) is 18.8. The van der Waals surface area contributed by atoms with Gasteiger partial charge in [0.2, 0.25) is 10.0 Å². The molecule has 1 saturated heterocycles. The number of nitrogens with two attached hydrogens (primary N) is 1. The zero-order valence-electron chi connectivity index (χ0n) is 14.0. The van der Waals surface area contributed by atoms with Gasteiger partial charge in [0.25, 0.3) is 0 Å². The van der Waals surface area contributed by atoms with Crippen molar-refractivity contribution in [3.63, 3.8) is 0 Å². The minimum Gasteiger partial charge on any atom is -0.497 e. The number of sulfonamides is 1. The summed E-state index contributed by atoms with van der Waals surface area (Å²) < 4.78 is 61.0. The van der Waals surface area contributed by atoms with Crippen LogP contribution in [0.4, 0.5) is 0 Å². The van der Waals surface area contributed by atoms with Crippen LogP contribution in [0.5, 0.6) is 11.5 Å². The molecule has 1 aromatic rings. The average Bonchev–Trinajstić information content (AvgIpc) is 2.84. The Bertz CT molecular complexity index is 824. The smallest absolute Gasteiger partial charge is 0.247 e. The van der Waals surface area contributed by atoms with Crippen molar-refractivity contribution in [1.29, 1.82) is 0 Å². The molecule has 0 unspecified atom stereocenters. The van der Waals surface area contributed by atoms with Gasteiger partial charge >= 0.3 is 0 Å². The van der Waals surface area contributed by atoms with Gasteiger partial charge in [-0.05, 0) is 12.1 Å². The highest BCUT2D eigenvalue weighted by atomic mass is 32.2. The topological polar surface area (TPSA) is 136 Å². The Balaban J connectivity index is 2.54. The van der Waals surface area contributed by atoms with Crippen molar-refractivity contribution >= 4 is 19.9 Å². The fourth-order valence-corrected chi connectivity index (χ4v) is 6.53. The molecule has 0 aromatic heterocycles. The Labute approximate surface area is 147 Å². The molecule has 2 atom stereocenters. The van der Waals surface area contributed by atoms with Crippen molar-refractivity contribution in [3.8, 4) is 11.5 Å². The number of aliphatic hydroxyl groups excluding tert-OH is 1. The summed E-state index contributed by atoms with van der Waals surface area (Å²) in [7, 11) is -5.00. The van der Waals surface area contributed by atoms with Crippen LogP contribution in [0.25, 0.3) is 0 Å². The maximum absolute atomic E-state index is 13.1. The highest BCUT2D eigenvalue weighted by Gasteiger charge is 2.45. The molecule has 0 aliphatic carbocycles. The van der Waals surface area contributed by atoms with E-state index in [4.69, 9.17) is 15.2 Å². The predicted octanol–water partition coefficient (Wildman–Crippen LogP) is -1.19. The number of benzene rings is 1. The Morgan fingerprint density at radius 3 is 2.44 bits per heavy atom. The maximum Gasteiger partial charge on any atom is 0.247 e. The summed E-state index contributed by atoms with van der Waals surface area (Å²) in [5.74, 6) is -0.562. The first kappa shape index (κ1) is 19.9. The molecule has 0 bridgehead atoms. The van der Waals surface area contributed by atoms with Gasteiger partial charge in [-0.15, -0.1) is 0 Å². The first-order valence-electron chi connectivity index (χ1n) is 7.48. The van der Waals surface area contributed by atoms with Gasteiger partial charge in [0.1, 0.15) is 16.4 Å². The van der Waals surface area contributed by atoms with Crippen LogP contribution in [0.1, 0.15) is 0 Å². The van der Waals surface area contributed by atoms with Gasteiger partial charge in [-0.25, -0.2) is 16.8 Å². The van der Waals surface area contributed by atoms with Crippen LogP contribution < -0.4 is 15.2 Å². The second-order valence-electron chi connectivity index (χ2n) is 5.63. The molecule has 11 heteroatoms. The highest BCUT2D eigenvalue weighted by Crippen LogP contribution is 2.33. The molecular weight excluding hydrogens is 372 g/mol. The average molecular weight is 394 g/mol. The minimum absolute atomic E-state index is 0.0330. The SMILES string of the molecule is COc1ccc(OC)c(S(=O)(=O)N(CCN)[C@H]2CS(=O)(=O)C[C@@H]2O)c1. The molecule has 25 heavy (non-hydrogen) atoms. The van der Waals surface area contributed by atoms with Crippen LogP contribution in [0, 0.1) is 0 Å². The number of nitrogens with zero attached hydrogens (tertiary/aromatic N) is 1. The van der Waals surface area contributed by atoms with E-state index in [1.165, 1.54) is 26.4 Å². The molecule has 0 radical (unpaired) electrons. The van der Waals surface area contributed by atoms with Crippen LogP contribution in [0.2, 0.25) is 0 Å². The van der Waals surface area contributed by atoms with Crippen molar-refractivity contribution in [2.45, 2.75) is 17.0 Å². The van der Waals surface area contributed by atoms with E-state index < -0.39 is 43.5 Å². The Kier molecular flexibility index (Phi) is 5.94. The number of methoxy groups -OCH3 is 2. The van der Waals surface area contributed by atoms with Crippen LogP contribution in [0.15, 0.2) is 23.1 Å². The highest BCUT2D eigenvalue weighted by molar-refractivity contribution is 7.92. The largest absolute Gasteiger partial charge is 0.497 e. The van der Waals surface area contributed by atoms with E-state index >= 15 is 0 Å². The van der Waals surface area contributed by atoms with Crippen molar-refractivity contribution in [2.75, 3.05) is 38.8 Å². The second-order valence-corrected chi connectivity index (χ2v) is 9.65. The number of rotatable bonds is 7. The van der Waals surface area contributed by atoms with E-state index in [9.17, 15) is 21.9 Å². The molecule has 142 valence electrons. The lowest BCUT2D eigenvalue weighted by Gasteiger charge is -2.29. The van der Waals surface area contributed by atoms with Gasteiger partial charge in [0.05, 0.1) is 37.9 Å². The molecule has 1 aliphatic rings. The third-order valence-electron chi connectivity index (χ3n) is 3.97. The number of ether oxygens (including phenoxy) is 2. The number of sulfone groups is 1.